The van der Waals surface area contributed by atoms with Crippen molar-refractivity contribution in [1.29, 1.82) is 0 Å². The van der Waals surface area contributed by atoms with Crippen LogP contribution in [0.5, 0.6) is 0 Å². The zero-order valence-electron chi connectivity index (χ0n) is 13.8. The molecule has 8 nitrogen and oxygen atoms in total. The van der Waals surface area contributed by atoms with Crippen LogP contribution >= 0.6 is 0 Å². The third-order valence-corrected chi connectivity index (χ3v) is 4.69. The van der Waals surface area contributed by atoms with E-state index in [-0.39, 0.29) is 30.9 Å². The van der Waals surface area contributed by atoms with Crippen molar-refractivity contribution in [2.24, 2.45) is 5.73 Å². The summed E-state index contributed by atoms with van der Waals surface area (Å²) in [5, 5.41) is 14.6. The number of benzene rings is 1. The monoisotopic (exact) mass is 346 g/mol. The van der Waals surface area contributed by atoms with Crippen LogP contribution in [0.1, 0.15) is 34.3 Å². The topological polar surface area (TPSA) is 125 Å². The second kappa shape index (κ2) is 7.30. The van der Waals surface area contributed by atoms with E-state index in [1.54, 1.807) is 6.07 Å². The fourth-order valence-corrected chi connectivity index (χ4v) is 3.22. The number of nitrogens with two attached hydrogens (primary N) is 1. The van der Waals surface area contributed by atoms with Crippen LogP contribution in [0.3, 0.4) is 0 Å². The van der Waals surface area contributed by atoms with Crippen molar-refractivity contribution in [2.45, 2.75) is 38.0 Å². The lowest BCUT2D eigenvalue weighted by Gasteiger charge is -2.29. The van der Waals surface area contributed by atoms with Crippen molar-refractivity contribution < 1.29 is 19.5 Å². The smallest absolute Gasteiger partial charge is 0.255 e. The van der Waals surface area contributed by atoms with Crippen molar-refractivity contribution in [3.8, 4) is 0 Å². The molecule has 0 spiro atoms. The van der Waals surface area contributed by atoms with Crippen LogP contribution < -0.4 is 16.4 Å². The summed E-state index contributed by atoms with van der Waals surface area (Å²) in [4.78, 5) is 37.4. The van der Waals surface area contributed by atoms with Gasteiger partial charge in [-0.2, -0.15) is 0 Å². The Morgan fingerprint density at radius 2 is 2.16 bits per heavy atom. The second-order valence-corrected chi connectivity index (χ2v) is 6.39. The maximum atomic E-state index is 12.6. The fraction of sp³-hybridized carbons (Fsp3) is 0.471. The van der Waals surface area contributed by atoms with Gasteiger partial charge in [-0.15, -0.1) is 0 Å². The molecule has 0 aromatic heterocycles. The van der Waals surface area contributed by atoms with E-state index in [9.17, 15) is 14.4 Å². The quantitative estimate of drug-likeness (QED) is 0.483. The van der Waals surface area contributed by atoms with Crippen molar-refractivity contribution in [3.05, 3.63) is 34.9 Å². The lowest BCUT2D eigenvalue weighted by atomic mass is 10.0. The second-order valence-electron chi connectivity index (χ2n) is 6.39. The minimum absolute atomic E-state index is 0.0385. The fourth-order valence-electron chi connectivity index (χ4n) is 3.22. The average Bonchev–Trinajstić information content (AvgIpc) is 2.92. The number of piperidine rings is 1. The predicted octanol–water partition coefficient (Wildman–Crippen LogP) is -1.14. The summed E-state index contributed by atoms with van der Waals surface area (Å²) >= 11 is 0. The highest BCUT2D eigenvalue weighted by atomic mass is 16.3. The Bertz CT molecular complexity index is 702. The SMILES string of the molecule is NCC(CO)NCc1ccc2c(c1)CN(C1CCC(=O)NC1=O)C2=O. The highest BCUT2D eigenvalue weighted by Crippen LogP contribution is 2.28. The molecule has 2 atom stereocenters. The van der Waals surface area contributed by atoms with Gasteiger partial charge in [-0.05, 0) is 23.6 Å². The number of rotatable bonds is 6. The summed E-state index contributed by atoms with van der Waals surface area (Å²) in [6.45, 7) is 1.18. The summed E-state index contributed by atoms with van der Waals surface area (Å²) in [7, 11) is 0. The van der Waals surface area contributed by atoms with Gasteiger partial charge < -0.3 is 21.1 Å². The molecule has 1 aromatic rings. The molecule has 1 fully saturated rings. The van der Waals surface area contributed by atoms with E-state index in [2.05, 4.69) is 10.6 Å². The van der Waals surface area contributed by atoms with E-state index >= 15 is 0 Å². The third-order valence-electron chi connectivity index (χ3n) is 4.69. The molecular weight excluding hydrogens is 324 g/mol. The van der Waals surface area contributed by atoms with E-state index in [1.165, 1.54) is 4.90 Å². The zero-order chi connectivity index (χ0) is 18.0. The highest BCUT2D eigenvalue weighted by Gasteiger charge is 2.38. The Labute approximate surface area is 145 Å². The first-order chi connectivity index (χ1) is 12.0. The Morgan fingerprint density at radius 3 is 2.84 bits per heavy atom. The van der Waals surface area contributed by atoms with Crippen LogP contribution in [-0.4, -0.2) is 53.0 Å². The number of hydrogen-bond acceptors (Lipinski definition) is 6. The molecular formula is C17H22N4O4. The summed E-state index contributed by atoms with van der Waals surface area (Å²) in [5.41, 5.74) is 7.97. The maximum Gasteiger partial charge on any atom is 0.255 e. The molecule has 8 heteroatoms. The van der Waals surface area contributed by atoms with Crippen molar-refractivity contribution in [1.82, 2.24) is 15.5 Å². The van der Waals surface area contributed by atoms with Crippen LogP contribution in [0.4, 0.5) is 0 Å². The van der Waals surface area contributed by atoms with Gasteiger partial charge in [0.25, 0.3) is 5.91 Å². The van der Waals surface area contributed by atoms with E-state index in [1.807, 2.05) is 12.1 Å². The van der Waals surface area contributed by atoms with E-state index in [0.29, 0.717) is 31.6 Å². The Kier molecular flexibility index (Phi) is 5.12. The average molecular weight is 346 g/mol. The van der Waals surface area contributed by atoms with Crippen molar-refractivity contribution in [2.75, 3.05) is 13.2 Å². The highest BCUT2D eigenvalue weighted by molar-refractivity contribution is 6.05. The van der Waals surface area contributed by atoms with Gasteiger partial charge in [-0.1, -0.05) is 12.1 Å². The van der Waals surface area contributed by atoms with Gasteiger partial charge in [0, 0.05) is 37.7 Å². The standard InChI is InChI=1S/C17H22N4O4/c18-6-12(9-22)19-7-10-1-2-13-11(5-10)8-21(17(13)25)14-3-4-15(23)20-16(14)24/h1-2,5,12,14,19,22H,3-4,6-9,18H2,(H,20,23,24). The number of hydrogen-bond donors (Lipinski definition) is 4. The van der Waals surface area contributed by atoms with Gasteiger partial charge in [0.05, 0.1) is 6.61 Å². The molecule has 2 aliphatic heterocycles. The number of aliphatic hydroxyl groups is 1. The number of nitrogens with one attached hydrogen (secondary N) is 2. The summed E-state index contributed by atoms with van der Waals surface area (Å²) in [6.07, 6.45) is 0.598. The Balaban J connectivity index is 1.71. The zero-order valence-corrected chi connectivity index (χ0v) is 13.8. The van der Waals surface area contributed by atoms with Crippen LogP contribution in [-0.2, 0) is 22.7 Å². The van der Waals surface area contributed by atoms with Gasteiger partial charge >= 0.3 is 0 Å². The molecule has 0 radical (unpaired) electrons. The lowest BCUT2D eigenvalue weighted by molar-refractivity contribution is -0.136. The first kappa shape index (κ1) is 17.5. The van der Waals surface area contributed by atoms with Gasteiger partial charge in [0.15, 0.2) is 0 Å². The van der Waals surface area contributed by atoms with Gasteiger partial charge in [-0.25, -0.2) is 0 Å². The number of imide groups is 1. The van der Waals surface area contributed by atoms with Crippen LogP contribution in [0.15, 0.2) is 18.2 Å². The van der Waals surface area contributed by atoms with Crippen molar-refractivity contribution in [3.63, 3.8) is 0 Å². The van der Waals surface area contributed by atoms with Gasteiger partial charge in [0.2, 0.25) is 11.8 Å². The van der Waals surface area contributed by atoms with Gasteiger partial charge in [0.1, 0.15) is 6.04 Å². The number of amides is 3. The summed E-state index contributed by atoms with van der Waals surface area (Å²) in [5.74, 6) is -0.885. The first-order valence-electron chi connectivity index (χ1n) is 8.34. The molecule has 3 rings (SSSR count). The predicted molar refractivity (Wildman–Crippen MR) is 89.3 cm³/mol. The van der Waals surface area contributed by atoms with E-state index in [4.69, 9.17) is 10.8 Å². The van der Waals surface area contributed by atoms with Crippen LogP contribution in [0.25, 0.3) is 0 Å². The normalized spacial score (nSPS) is 21.3. The van der Waals surface area contributed by atoms with E-state index in [0.717, 1.165) is 11.1 Å². The third kappa shape index (κ3) is 3.55. The first-order valence-corrected chi connectivity index (χ1v) is 8.34. The number of fused-ring (bicyclic) bond motifs is 1. The number of carbonyl (C=O) groups is 3. The summed E-state index contributed by atoms with van der Waals surface area (Å²) < 4.78 is 0. The molecule has 0 bridgehead atoms. The minimum Gasteiger partial charge on any atom is -0.395 e. The number of carbonyl (C=O) groups excluding carboxylic acids is 3. The molecule has 2 unspecified atom stereocenters. The van der Waals surface area contributed by atoms with Gasteiger partial charge in [-0.3, -0.25) is 19.7 Å². The molecule has 0 aliphatic carbocycles. The Morgan fingerprint density at radius 1 is 1.36 bits per heavy atom. The molecule has 5 N–H and O–H groups in total. The molecule has 3 amide bonds. The van der Waals surface area contributed by atoms with Crippen LogP contribution in [0.2, 0.25) is 0 Å². The molecule has 25 heavy (non-hydrogen) atoms. The lowest BCUT2D eigenvalue weighted by Crippen LogP contribution is -2.52. The summed E-state index contributed by atoms with van der Waals surface area (Å²) in [6, 6.07) is 4.77. The number of nitrogens with zero attached hydrogens (tertiary/aromatic N) is 1. The largest absolute Gasteiger partial charge is 0.395 e. The van der Waals surface area contributed by atoms with Crippen molar-refractivity contribution >= 4 is 17.7 Å². The molecule has 134 valence electrons. The number of aliphatic hydroxyl groups excluding tert-OH is 1. The molecule has 1 aromatic carbocycles. The Hall–Kier alpha value is -2.29. The van der Waals surface area contributed by atoms with E-state index < -0.39 is 11.9 Å². The molecule has 1 saturated heterocycles. The minimum atomic E-state index is -0.602. The molecule has 2 aliphatic rings. The molecule has 2 heterocycles. The van der Waals surface area contributed by atoms with Crippen LogP contribution in [0, 0.1) is 0 Å². The maximum absolute atomic E-state index is 12.6. The molecule has 0 saturated carbocycles.